The molecule has 0 bridgehead atoms. The molecule has 0 saturated heterocycles. The normalized spacial score (nSPS) is 12.1. The molecule has 0 saturated carbocycles. The van der Waals surface area contributed by atoms with Gasteiger partial charge in [0.2, 0.25) is 10.0 Å². The van der Waals surface area contributed by atoms with Gasteiger partial charge in [-0.1, -0.05) is 19.8 Å². The van der Waals surface area contributed by atoms with E-state index in [4.69, 9.17) is 5.73 Å². The fourth-order valence-electron chi connectivity index (χ4n) is 1.99. The van der Waals surface area contributed by atoms with Crippen LogP contribution in [0.5, 0.6) is 0 Å². The Bertz CT molecular complexity index is 539. The zero-order chi connectivity index (χ0) is 14.6. The molecule has 0 spiro atoms. The molecular weight excluding hydrogens is 260 g/mol. The van der Waals surface area contributed by atoms with Gasteiger partial charge >= 0.3 is 0 Å². The van der Waals surface area contributed by atoms with Crippen LogP contribution >= 0.6 is 0 Å². The van der Waals surface area contributed by atoms with E-state index < -0.39 is 10.0 Å². The number of nitrogen functional groups attached to an aromatic ring is 1. The van der Waals surface area contributed by atoms with Crippen LogP contribution in [0.15, 0.2) is 17.0 Å². The van der Waals surface area contributed by atoms with Crippen molar-refractivity contribution in [2.24, 2.45) is 0 Å². The van der Waals surface area contributed by atoms with Gasteiger partial charge in [0.25, 0.3) is 0 Å². The molecule has 2 N–H and O–H groups in total. The van der Waals surface area contributed by atoms with Crippen molar-refractivity contribution in [3.05, 3.63) is 23.3 Å². The monoisotopic (exact) mass is 284 g/mol. The first-order valence-corrected chi connectivity index (χ1v) is 8.07. The number of aryl methyl sites for hydroxylation is 1. The van der Waals surface area contributed by atoms with E-state index in [2.05, 4.69) is 6.92 Å². The highest BCUT2D eigenvalue weighted by Crippen LogP contribution is 2.25. The molecule has 19 heavy (non-hydrogen) atoms. The van der Waals surface area contributed by atoms with E-state index in [-0.39, 0.29) is 0 Å². The average molecular weight is 284 g/mol. The molecule has 0 unspecified atom stereocenters. The summed E-state index contributed by atoms with van der Waals surface area (Å²) in [5.41, 5.74) is 7.88. The van der Waals surface area contributed by atoms with E-state index >= 15 is 0 Å². The molecule has 0 aliphatic rings. The topological polar surface area (TPSA) is 63.4 Å². The van der Waals surface area contributed by atoms with Gasteiger partial charge in [0.1, 0.15) is 0 Å². The van der Waals surface area contributed by atoms with E-state index in [1.165, 1.54) is 4.31 Å². The maximum atomic E-state index is 12.5. The van der Waals surface area contributed by atoms with Crippen LogP contribution in [0.4, 0.5) is 5.69 Å². The van der Waals surface area contributed by atoms with Gasteiger partial charge in [0.05, 0.1) is 4.90 Å². The molecular formula is C14H24N2O2S. The summed E-state index contributed by atoms with van der Waals surface area (Å²) in [6.45, 7) is 6.25. The molecule has 0 aromatic heterocycles. The Morgan fingerprint density at radius 2 is 1.84 bits per heavy atom. The summed E-state index contributed by atoms with van der Waals surface area (Å²) in [7, 11) is -1.81. The molecule has 0 radical (unpaired) electrons. The van der Waals surface area contributed by atoms with E-state index in [0.29, 0.717) is 22.7 Å². The van der Waals surface area contributed by atoms with Gasteiger partial charge in [-0.3, -0.25) is 0 Å². The number of sulfonamides is 1. The minimum absolute atomic E-state index is 0.323. The highest BCUT2D eigenvalue weighted by molar-refractivity contribution is 7.89. The van der Waals surface area contributed by atoms with Crippen molar-refractivity contribution in [3.63, 3.8) is 0 Å². The van der Waals surface area contributed by atoms with E-state index in [1.807, 2.05) is 6.92 Å². The minimum atomic E-state index is -3.44. The lowest BCUT2D eigenvalue weighted by molar-refractivity contribution is 0.454. The molecule has 0 heterocycles. The number of nitrogens with two attached hydrogens (primary N) is 1. The number of rotatable bonds is 6. The summed E-state index contributed by atoms with van der Waals surface area (Å²) in [5, 5.41) is 0. The van der Waals surface area contributed by atoms with Crippen molar-refractivity contribution in [2.75, 3.05) is 19.3 Å². The van der Waals surface area contributed by atoms with Gasteiger partial charge in [-0.25, -0.2) is 12.7 Å². The van der Waals surface area contributed by atoms with Crippen LogP contribution in [-0.4, -0.2) is 26.3 Å². The van der Waals surface area contributed by atoms with Crippen molar-refractivity contribution < 1.29 is 8.42 Å². The highest BCUT2D eigenvalue weighted by atomic mass is 32.2. The van der Waals surface area contributed by atoms with E-state index in [1.54, 1.807) is 26.1 Å². The first kappa shape index (κ1) is 16.0. The first-order valence-electron chi connectivity index (χ1n) is 6.63. The van der Waals surface area contributed by atoms with Crippen molar-refractivity contribution in [2.45, 2.75) is 44.9 Å². The van der Waals surface area contributed by atoms with Crippen LogP contribution in [0.2, 0.25) is 0 Å². The predicted octanol–water partition coefficient (Wildman–Crippen LogP) is 2.70. The van der Waals surface area contributed by atoms with Crippen molar-refractivity contribution in [1.82, 2.24) is 4.31 Å². The van der Waals surface area contributed by atoms with Crippen LogP contribution in [0.1, 0.15) is 37.3 Å². The van der Waals surface area contributed by atoms with Crippen molar-refractivity contribution >= 4 is 15.7 Å². The van der Waals surface area contributed by atoms with Gasteiger partial charge in [-0.2, -0.15) is 0 Å². The van der Waals surface area contributed by atoms with E-state index in [0.717, 1.165) is 24.8 Å². The minimum Gasteiger partial charge on any atom is -0.398 e. The van der Waals surface area contributed by atoms with Gasteiger partial charge in [0.15, 0.2) is 0 Å². The molecule has 0 aliphatic carbocycles. The SMILES string of the molecule is CCCCCN(C)S(=O)(=O)c1cc(C)cc(N)c1C. The van der Waals surface area contributed by atoms with Crippen LogP contribution in [0.25, 0.3) is 0 Å². The number of anilines is 1. The highest BCUT2D eigenvalue weighted by Gasteiger charge is 2.23. The second kappa shape index (κ2) is 6.39. The molecule has 0 atom stereocenters. The number of hydrogen-bond donors (Lipinski definition) is 1. The lowest BCUT2D eigenvalue weighted by Gasteiger charge is -2.19. The molecule has 0 aliphatic heterocycles. The fourth-order valence-corrected chi connectivity index (χ4v) is 3.54. The quantitative estimate of drug-likeness (QED) is 0.645. The number of unbranched alkanes of at least 4 members (excludes halogenated alkanes) is 2. The Kier molecular flexibility index (Phi) is 5.38. The first-order chi connectivity index (χ1) is 8.80. The zero-order valence-electron chi connectivity index (χ0n) is 12.2. The van der Waals surface area contributed by atoms with Crippen molar-refractivity contribution in [1.29, 1.82) is 0 Å². The van der Waals surface area contributed by atoms with Crippen LogP contribution in [0.3, 0.4) is 0 Å². The molecule has 1 aromatic rings. The van der Waals surface area contributed by atoms with Crippen LogP contribution in [-0.2, 0) is 10.0 Å². The summed E-state index contributed by atoms with van der Waals surface area (Å²) in [4.78, 5) is 0.323. The Labute approximate surface area is 116 Å². The Morgan fingerprint density at radius 1 is 1.21 bits per heavy atom. The Balaban J connectivity index is 3.06. The second-order valence-corrected chi connectivity index (χ2v) is 7.02. The molecule has 5 heteroatoms. The van der Waals surface area contributed by atoms with Gasteiger partial charge in [-0.05, 0) is 43.5 Å². The lowest BCUT2D eigenvalue weighted by Crippen LogP contribution is -2.28. The third-order valence-electron chi connectivity index (χ3n) is 3.31. The standard InChI is InChI=1S/C14H24N2O2S/c1-5-6-7-8-16(4)19(17,18)14-10-11(2)9-13(15)12(14)3/h9-10H,5-8,15H2,1-4H3. The summed E-state index contributed by atoms with van der Waals surface area (Å²) < 4.78 is 26.5. The molecule has 0 fully saturated rings. The third kappa shape index (κ3) is 3.70. The number of nitrogens with zero attached hydrogens (tertiary/aromatic N) is 1. The maximum Gasteiger partial charge on any atom is 0.243 e. The largest absolute Gasteiger partial charge is 0.398 e. The zero-order valence-corrected chi connectivity index (χ0v) is 13.0. The van der Waals surface area contributed by atoms with Gasteiger partial charge in [-0.15, -0.1) is 0 Å². The average Bonchev–Trinajstić information content (AvgIpc) is 2.33. The summed E-state index contributed by atoms with van der Waals surface area (Å²) in [6.07, 6.45) is 2.99. The smallest absolute Gasteiger partial charge is 0.243 e. The van der Waals surface area contributed by atoms with E-state index in [9.17, 15) is 8.42 Å². The summed E-state index contributed by atoms with van der Waals surface area (Å²) >= 11 is 0. The molecule has 1 rings (SSSR count). The van der Waals surface area contributed by atoms with Gasteiger partial charge < -0.3 is 5.73 Å². The summed E-state index contributed by atoms with van der Waals surface area (Å²) in [6, 6.07) is 3.49. The second-order valence-electron chi connectivity index (χ2n) is 5.01. The maximum absolute atomic E-state index is 12.5. The molecule has 4 nitrogen and oxygen atoms in total. The molecule has 0 amide bonds. The lowest BCUT2D eigenvalue weighted by atomic mass is 10.1. The summed E-state index contributed by atoms with van der Waals surface area (Å²) in [5.74, 6) is 0. The van der Waals surface area contributed by atoms with Crippen molar-refractivity contribution in [3.8, 4) is 0 Å². The Morgan fingerprint density at radius 3 is 2.42 bits per heavy atom. The molecule has 1 aromatic carbocycles. The molecule has 108 valence electrons. The fraction of sp³-hybridized carbons (Fsp3) is 0.571. The Hall–Kier alpha value is -1.07. The third-order valence-corrected chi connectivity index (χ3v) is 5.29. The number of hydrogen-bond acceptors (Lipinski definition) is 3. The predicted molar refractivity (Wildman–Crippen MR) is 79.7 cm³/mol. The van der Waals surface area contributed by atoms with Gasteiger partial charge in [0, 0.05) is 19.3 Å². The van der Waals surface area contributed by atoms with Crippen LogP contribution < -0.4 is 5.73 Å². The van der Waals surface area contributed by atoms with Crippen LogP contribution in [0, 0.1) is 13.8 Å². The number of benzene rings is 1.